The molecule has 0 amide bonds. The Kier molecular flexibility index (Phi) is 6.39. The van der Waals surface area contributed by atoms with Crippen LogP contribution in [-0.2, 0) is 9.36 Å². The summed E-state index contributed by atoms with van der Waals surface area (Å²) in [6, 6.07) is -0.907. The van der Waals surface area contributed by atoms with Gasteiger partial charge in [0.15, 0.2) is 0 Å². The second-order valence-corrected chi connectivity index (χ2v) is 5.69. The monoisotopic (exact) mass is 243 g/mol. The van der Waals surface area contributed by atoms with Crippen LogP contribution < -0.4 is 5.73 Å². The Balaban J connectivity index is 3.39. The maximum absolute atomic E-state index is 10.4. The maximum Gasteiger partial charge on any atom is 0.325 e. The molecule has 0 unspecified atom stereocenters. The highest BCUT2D eigenvalue weighted by Crippen LogP contribution is 2.35. The molecule has 0 aliphatic heterocycles. The normalized spacial score (nSPS) is 13.9. The van der Waals surface area contributed by atoms with Crippen LogP contribution in [0.15, 0.2) is 0 Å². The van der Waals surface area contributed by atoms with Crippen molar-refractivity contribution in [2.45, 2.75) is 12.5 Å². The number of rotatable bonds is 7. The SMILES string of the molecule is N[C@H](CSCCCP(=O)(O)O)C(=O)O. The van der Waals surface area contributed by atoms with Crippen molar-refractivity contribution in [1.82, 2.24) is 0 Å². The number of nitrogens with two attached hydrogens (primary N) is 1. The highest BCUT2D eigenvalue weighted by Gasteiger charge is 2.13. The zero-order valence-electron chi connectivity index (χ0n) is 7.50. The molecular formula is C6H14NO5PS. The maximum atomic E-state index is 10.4. The molecule has 0 rings (SSSR count). The van der Waals surface area contributed by atoms with Crippen LogP contribution in [0.5, 0.6) is 0 Å². The average molecular weight is 243 g/mol. The van der Waals surface area contributed by atoms with Crippen LogP contribution in [-0.4, -0.2) is 44.6 Å². The molecule has 0 fully saturated rings. The molecule has 0 aromatic heterocycles. The van der Waals surface area contributed by atoms with Gasteiger partial charge in [-0.2, -0.15) is 11.8 Å². The van der Waals surface area contributed by atoms with Crippen LogP contribution in [0.1, 0.15) is 6.42 Å². The minimum Gasteiger partial charge on any atom is -0.480 e. The van der Waals surface area contributed by atoms with Crippen molar-refractivity contribution in [3.05, 3.63) is 0 Å². The van der Waals surface area contributed by atoms with E-state index in [0.717, 1.165) is 0 Å². The highest BCUT2D eigenvalue weighted by atomic mass is 32.2. The summed E-state index contributed by atoms with van der Waals surface area (Å²) in [6.45, 7) is 0. The van der Waals surface area contributed by atoms with Crippen molar-refractivity contribution in [1.29, 1.82) is 0 Å². The van der Waals surface area contributed by atoms with Crippen LogP contribution in [0.4, 0.5) is 0 Å². The van der Waals surface area contributed by atoms with Crippen molar-refractivity contribution in [3.8, 4) is 0 Å². The lowest BCUT2D eigenvalue weighted by Crippen LogP contribution is -2.32. The lowest BCUT2D eigenvalue weighted by molar-refractivity contribution is -0.137. The van der Waals surface area contributed by atoms with E-state index in [1.165, 1.54) is 11.8 Å². The third kappa shape index (κ3) is 8.52. The fourth-order valence-electron chi connectivity index (χ4n) is 0.654. The Morgan fingerprint density at radius 1 is 1.50 bits per heavy atom. The van der Waals surface area contributed by atoms with Gasteiger partial charge in [-0.15, -0.1) is 0 Å². The fraction of sp³-hybridized carbons (Fsp3) is 0.833. The molecule has 14 heavy (non-hydrogen) atoms. The van der Waals surface area contributed by atoms with Crippen molar-refractivity contribution in [2.75, 3.05) is 17.7 Å². The quantitative estimate of drug-likeness (QED) is 0.357. The molecule has 6 nitrogen and oxygen atoms in total. The Morgan fingerprint density at radius 2 is 2.07 bits per heavy atom. The van der Waals surface area contributed by atoms with Crippen LogP contribution in [0.2, 0.25) is 0 Å². The van der Waals surface area contributed by atoms with Crippen LogP contribution in [0, 0.1) is 0 Å². The topological polar surface area (TPSA) is 121 Å². The summed E-state index contributed by atoms with van der Waals surface area (Å²) in [6.07, 6.45) is 0.198. The van der Waals surface area contributed by atoms with Gasteiger partial charge in [0.2, 0.25) is 0 Å². The van der Waals surface area contributed by atoms with Crippen molar-refractivity contribution < 1.29 is 24.3 Å². The Labute approximate surface area is 86.0 Å². The van der Waals surface area contributed by atoms with Gasteiger partial charge >= 0.3 is 13.6 Å². The average Bonchev–Trinajstić information content (AvgIpc) is 2.01. The number of carboxylic acid groups (broad SMARTS) is 1. The van der Waals surface area contributed by atoms with Crippen molar-refractivity contribution >= 4 is 25.3 Å². The van der Waals surface area contributed by atoms with Crippen molar-refractivity contribution in [3.63, 3.8) is 0 Å². The number of carboxylic acids is 1. The minimum atomic E-state index is -3.91. The molecule has 84 valence electrons. The molecule has 0 aromatic carbocycles. The smallest absolute Gasteiger partial charge is 0.325 e. The van der Waals surface area contributed by atoms with Gasteiger partial charge in [-0.1, -0.05) is 0 Å². The second kappa shape index (κ2) is 6.42. The van der Waals surface area contributed by atoms with E-state index >= 15 is 0 Å². The van der Waals surface area contributed by atoms with Gasteiger partial charge in [-0.05, 0) is 12.2 Å². The molecule has 0 aliphatic carbocycles. The van der Waals surface area contributed by atoms with Gasteiger partial charge in [0.05, 0.1) is 6.16 Å². The van der Waals surface area contributed by atoms with Gasteiger partial charge in [0.25, 0.3) is 0 Å². The minimum absolute atomic E-state index is 0.164. The van der Waals surface area contributed by atoms with Crippen LogP contribution in [0.3, 0.4) is 0 Å². The van der Waals surface area contributed by atoms with E-state index in [1.807, 2.05) is 0 Å². The van der Waals surface area contributed by atoms with Gasteiger partial charge in [0.1, 0.15) is 6.04 Å². The largest absolute Gasteiger partial charge is 0.480 e. The summed E-state index contributed by atoms with van der Waals surface area (Å²) < 4.78 is 10.4. The van der Waals surface area contributed by atoms with E-state index < -0.39 is 19.6 Å². The summed E-state index contributed by atoms with van der Waals surface area (Å²) in [4.78, 5) is 27.3. The predicted octanol–water partition coefficient (Wildman–Crippen LogP) is -0.301. The van der Waals surface area contributed by atoms with Gasteiger partial charge in [-0.3, -0.25) is 9.36 Å². The summed E-state index contributed by atoms with van der Waals surface area (Å²) in [5.74, 6) is -0.296. The second-order valence-electron chi connectivity index (χ2n) is 2.76. The fourth-order valence-corrected chi connectivity index (χ4v) is 2.35. The Morgan fingerprint density at radius 3 is 2.50 bits per heavy atom. The molecule has 0 heterocycles. The molecule has 0 aromatic rings. The van der Waals surface area contributed by atoms with Crippen LogP contribution in [0.25, 0.3) is 0 Å². The molecule has 1 atom stereocenters. The molecule has 8 heteroatoms. The first-order chi connectivity index (χ1) is 6.33. The molecule has 0 bridgehead atoms. The van der Waals surface area contributed by atoms with Gasteiger partial charge in [-0.25, -0.2) is 0 Å². The summed E-state index contributed by atoms with van der Waals surface area (Å²) in [5.41, 5.74) is 5.21. The third-order valence-corrected chi connectivity index (χ3v) is 3.42. The summed E-state index contributed by atoms with van der Waals surface area (Å²) in [7, 11) is -3.91. The first-order valence-electron chi connectivity index (χ1n) is 3.93. The number of hydrogen-bond acceptors (Lipinski definition) is 4. The predicted molar refractivity (Wildman–Crippen MR) is 54.5 cm³/mol. The zero-order valence-corrected chi connectivity index (χ0v) is 9.21. The van der Waals surface area contributed by atoms with Gasteiger partial charge in [0, 0.05) is 5.75 Å². The lowest BCUT2D eigenvalue weighted by atomic mass is 10.4. The zero-order chi connectivity index (χ0) is 11.2. The van der Waals surface area contributed by atoms with E-state index in [2.05, 4.69) is 0 Å². The van der Waals surface area contributed by atoms with Crippen LogP contribution >= 0.6 is 19.4 Å². The molecular weight excluding hydrogens is 229 g/mol. The van der Waals surface area contributed by atoms with E-state index in [1.54, 1.807) is 0 Å². The molecule has 0 spiro atoms. The van der Waals surface area contributed by atoms with Gasteiger partial charge < -0.3 is 20.6 Å². The standard InChI is InChI=1S/C6H14NO5PS/c7-5(6(8)9)4-14-3-1-2-13(10,11)12/h5H,1-4,7H2,(H,8,9)(H2,10,11,12)/t5-/m1/s1. The summed E-state index contributed by atoms with van der Waals surface area (Å²) >= 11 is 1.28. The molecule has 5 N–H and O–H groups in total. The van der Waals surface area contributed by atoms with E-state index in [9.17, 15) is 9.36 Å². The number of thioether (sulfide) groups is 1. The molecule has 0 saturated heterocycles. The highest BCUT2D eigenvalue weighted by molar-refractivity contribution is 7.99. The van der Waals surface area contributed by atoms with Crippen molar-refractivity contribution in [2.24, 2.45) is 5.73 Å². The molecule has 0 radical (unpaired) electrons. The Hall–Kier alpha value is -0.0700. The molecule has 0 saturated carbocycles. The summed E-state index contributed by atoms with van der Waals surface area (Å²) in [5, 5.41) is 8.40. The van der Waals surface area contributed by atoms with E-state index in [4.69, 9.17) is 20.6 Å². The third-order valence-electron chi connectivity index (χ3n) is 1.35. The lowest BCUT2D eigenvalue weighted by Gasteiger charge is -2.06. The van der Waals surface area contributed by atoms with E-state index in [0.29, 0.717) is 12.2 Å². The number of carbonyl (C=O) groups is 1. The van der Waals surface area contributed by atoms with E-state index in [-0.39, 0.29) is 11.9 Å². The number of hydrogen-bond donors (Lipinski definition) is 4. The molecule has 0 aliphatic rings. The first-order valence-corrected chi connectivity index (χ1v) is 6.89. The number of aliphatic carboxylic acids is 1. The Bertz CT molecular complexity index is 230. The first kappa shape index (κ1) is 13.9.